The van der Waals surface area contributed by atoms with E-state index in [9.17, 15) is 0 Å². The summed E-state index contributed by atoms with van der Waals surface area (Å²) in [5.74, 6) is 1.83. The second kappa shape index (κ2) is 7.55. The van der Waals surface area contributed by atoms with E-state index in [1.165, 1.54) is 11.9 Å². The Bertz CT molecular complexity index is 1140. The summed E-state index contributed by atoms with van der Waals surface area (Å²) in [6.45, 7) is 4.39. The minimum atomic E-state index is 0.260. The maximum Gasteiger partial charge on any atom is 0.148 e. The number of nitrogens with zero attached hydrogens (tertiary/aromatic N) is 4. The number of hydrogen-bond donors (Lipinski definition) is 2. The molecule has 1 aliphatic rings. The molecule has 1 fully saturated rings. The van der Waals surface area contributed by atoms with E-state index in [1.54, 1.807) is 6.20 Å². The number of nitrogens with two attached hydrogens (primary N) is 1. The fourth-order valence-corrected chi connectivity index (χ4v) is 4.36. The lowest BCUT2D eigenvalue weighted by Gasteiger charge is -2.34. The molecule has 0 aliphatic carbocycles. The van der Waals surface area contributed by atoms with Crippen molar-refractivity contribution in [2.45, 2.75) is 17.9 Å². The highest BCUT2D eigenvalue weighted by Gasteiger charge is 2.23. The summed E-state index contributed by atoms with van der Waals surface area (Å²) in [4.78, 5) is 8.41. The molecule has 5 rings (SSSR count). The molecule has 0 radical (unpaired) electrons. The zero-order valence-corrected chi connectivity index (χ0v) is 16.9. The van der Waals surface area contributed by atoms with Crippen LogP contribution in [0, 0.1) is 0 Å². The van der Waals surface area contributed by atoms with Crippen molar-refractivity contribution < 1.29 is 4.74 Å². The van der Waals surface area contributed by atoms with E-state index in [-0.39, 0.29) is 6.04 Å². The molecular formula is C21H22N6OS. The molecule has 1 aromatic carbocycles. The van der Waals surface area contributed by atoms with E-state index in [2.05, 4.69) is 46.3 Å². The first-order valence-electron chi connectivity index (χ1n) is 9.58. The molecule has 3 aromatic heterocycles. The Morgan fingerprint density at radius 3 is 2.90 bits per heavy atom. The van der Waals surface area contributed by atoms with Gasteiger partial charge in [0, 0.05) is 29.1 Å². The third-order valence-corrected chi connectivity index (χ3v) is 5.97. The molecule has 8 heteroatoms. The quantitative estimate of drug-likeness (QED) is 0.504. The Labute approximate surface area is 173 Å². The number of pyridine rings is 1. The first-order valence-corrected chi connectivity index (χ1v) is 10.5. The van der Waals surface area contributed by atoms with Crippen LogP contribution in [0.15, 0.2) is 59.8 Å². The Morgan fingerprint density at radius 1 is 1.21 bits per heavy atom. The van der Waals surface area contributed by atoms with Crippen LogP contribution in [-0.2, 0) is 4.74 Å². The Kier molecular flexibility index (Phi) is 4.75. The van der Waals surface area contributed by atoms with E-state index in [0.29, 0.717) is 13.2 Å². The number of aromatic amines is 1. The van der Waals surface area contributed by atoms with Crippen molar-refractivity contribution in [1.29, 1.82) is 0 Å². The first-order chi connectivity index (χ1) is 14.3. The van der Waals surface area contributed by atoms with E-state index in [1.807, 2.05) is 29.0 Å². The fraction of sp³-hybridized carbons (Fsp3) is 0.238. The average Bonchev–Trinajstić information content (AvgIpc) is 3.43. The number of nitrogens with one attached hydrogen (secondary N) is 1. The molecule has 1 aliphatic heterocycles. The highest BCUT2D eigenvalue weighted by atomic mass is 32.2. The van der Waals surface area contributed by atoms with Crippen LogP contribution in [-0.4, -0.2) is 45.5 Å². The highest BCUT2D eigenvalue weighted by molar-refractivity contribution is 7.97. The van der Waals surface area contributed by atoms with Gasteiger partial charge in [0.25, 0.3) is 0 Å². The number of aromatic nitrogens is 4. The number of anilines is 1. The van der Waals surface area contributed by atoms with E-state index < -0.39 is 0 Å². The topological polar surface area (TPSA) is 85.0 Å². The monoisotopic (exact) mass is 406 g/mol. The van der Waals surface area contributed by atoms with Crippen molar-refractivity contribution in [3.63, 3.8) is 0 Å². The fourth-order valence-electron chi connectivity index (χ4n) is 3.90. The molecule has 1 saturated heterocycles. The van der Waals surface area contributed by atoms with Crippen LogP contribution in [0.1, 0.15) is 6.92 Å². The zero-order chi connectivity index (χ0) is 19.8. The number of fused-ring (bicyclic) bond motifs is 1. The number of benzene rings is 1. The maximum absolute atomic E-state index is 5.97. The number of morpholine rings is 1. The summed E-state index contributed by atoms with van der Waals surface area (Å²) in [6, 6.07) is 14.7. The minimum absolute atomic E-state index is 0.260. The van der Waals surface area contributed by atoms with Gasteiger partial charge in [0.1, 0.15) is 17.3 Å². The lowest BCUT2D eigenvalue weighted by atomic mass is 10.0. The molecule has 1 unspecified atom stereocenters. The van der Waals surface area contributed by atoms with E-state index in [0.717, 1.165) is 45.2 Å². The van der Waals surface area contributed by atoms with Gasteiger partial charge in [-0.3, -0.25) is 14.8 Å². The van der Waals surface area contributed by atoms with Crippen molar-refractivity contribution in [2.75, 3.05) is 24.7 Å². The zero-order valence-electron chi connectivity index (χ0n) is 16.1. The predicted molar refractivity (Wildman–Crippen MR) is 116 cm³/mol. The van der Waals surface area contributed by atoms with Gasteiger partial charge in [0.05, 0.1) is 25.5 Å². The van der Waals surface area contributed by atoms with Gasteiger partial charge >= 0.3 is 0 Å². The smallest absolute Gasteiger partial charge is 0.148 e. The van der Waals surface area contributed by atoms with Crippen molar-refractivity contribution in [2.24, 2.45) is 5.14 Å². The molecule has 4 aromatic rings. The van der Waals surface area contributed by atoms with Crippen LogP contribution in [0.5, 0.6) is 0 Å². The second-order valence-corrected chi connectivity index (χ2v) is 7.80. The van der Waals surface area contributed by atoms with Crippen molar-refractivity contribution >= 4 is 28.8 Å². The Hall–Kier alpha value is -2.81. The van der Waals surface area contributed by atoms with Gasteiger partial charge < -0.3 is 9.64 Å². The summed E-state index contributed by atoms with van der Waals surface area (Å²) < 4.78 is 7.67. The molecule has 3 N–H and O–H groups in total. The highest BCUT2D eigenvalue weighted by Crippen LogP contribution is 2.37. The summed E-state index contributed by atoms with van der Waals surface area (Å²) in [5, 5.41) is 14.2. The summed E-state index contributed by atoms with van der Waals surface area (Å²) in [7, 11) is 0. The van der Waals surface area contributed by atoms with Crippen molar-refractivity contribution in [3.8, 4) is 16.9 Å². The van der Waals surface area contributed by atoms with E-state index >= 15 is 0 Å². The van der Waals surface area contributed by atoms with Gasteiger partial charge in [-0.1, -0.05) is 18.2 Å². The lowest BCUT2D eigenvalue weighted by Crippen LogP contribution is -2.44. The Morgan fingerprint density at radius 2 is 2.10 bits per heavy atom. The third kappa shape index (κ3) is 3.19. The normalized spacial score (nSPS) is 17.2. The summed E-state index contributed by atoms with van der Waals surface area (Å²) in [5.41, 5.74) is 3.12. The molecule has 148 valence electrons. The number of H-pyrrole nitrogens is 1. The van der Waals surface area contributed by atoms with Crippen molar-refractivity contribution in [1.82, 2.24) is 19.7 Å². The molecule has 0 amide bonds. The average molecular weight is 407 g/mol. The molecule has 0 bridgehead atoms. The van der Waals surface area contributed by atoms with Gasteiger partial charge in [0.15, 0.2) is 0 Å². The van der Waals surface area contributed by atoms with Crippen LogP contribution >= 0.6 is 11.9 Å². The third-order valence-electron chi connectivity index (χ3n) is 5.36. The standard InChI is InChI=1S/C21H22N6OS/c1-14-13-28-11-10-26(14)20-12-17(15-4-2-3-5-18(15)29-22)16-7-9-27(21(16)24-20)19-6-8-23-25-19/h2-9,12,14H,10-11,13,22H2,1H3,(H,23,25). The number of hydrogen-bond acceptors (Lipinski definition) is 6. The Balaban J connectivity index is 1.77. The van der Waals surface area contributed by atoms with Crippen LogP contribution in [0.25, 0.3) is 28.0 Å². The van der Waals surface area contributed by atoms with Gasteiger partial charge in [-0.15, -0.1) is 0 Å². The van der Waals surface area contributed by atoms with Crippen LogP contribution < -0.4 is 10.0 Å². The van der Waals surface area contributed by atoms with E-state index in [4.69, 9.17) is 14.9 Å². The molecule has 29 heavy (non-hydrogen) atoms. The SMILES string of the molecule is CC1COCCN1c1cc(-c2ccccc2SN)c2ccn(-c3ccn[nH]3)c2n1. The maximum atomic E-state index is 5.97. The number of rotatable bonds is 4. The molecular weight excluding hydrogens is 384 g/mol. The van der Waals surface area contributed by atoms with Gasteiger partial charge in [-0.05, 0) is 48.2 Å². The van der Waals surface area contributed by atoms with Crippen LogP contribution in [0.3, 0.4) is 0 Å². The predicted octanol–water partition coefficient (Wildman–Crippen LogP) is 3.61. The van der Waals surface area contributed by atoms with Gasteiger partial charge in [0.2, 0.25) is 0 Å². The van der Waals surface area contributed by atoms with Crippen molar-refractivity contribution in [3.05, 3.63) is 54.9 Å². The lowest BCUT2D eigenvalue weighted by molar-refractivity contribution is 0.0986. The number of ether oxygens (including phenoxy) is 1. The van der Waals surface area contributed by atoms with Crippen LogP contribution in [0.2, 0.25) is 0 Å². The summed E-state index contributed by atoms with van der Waals surface area (Å²) in [6.07, 6.45) is 3.77. The molecule has 7 nitrogen and oxygen atoms in total. The second-order valence-electron chi connectivity index (χ2n) is 7.12. The summed E-state index contributed by atoms with van der Waals surface area (Å²) >= 11 is 1.27. The molecule has 0 spiro atoms. The molecule has 1 atom stereocenters. The van der Waals surface area contributed by atoms with Gasteiger partial charge in [-0.2, -0.15) is 5.10 Å². The largest absolute Gasteiger partial charge is 0.377 e. The molecule has 0 saturated carbocycles. The molecule has 4 heterocycles. The van der Waals surface area contributed by atoms with Crippen LogP contribution in [0.4, 0.5) is 5.82 Å². The first kappa shape index (κ1) is 18.2. The van der Waals surface area contributed by atoms with Gasteiger partial charge in [-0.25, -0.2) is 4.98 Å². The minimum Gasteiger partial charge on any atom is -0.377 e.